The molecule has 4 aliphatic rings. The summed E-state index contributed by atoms with van der Waals surface area (Å²) in [4.78, 5) is 27.4. The molecule has 4 aliphatic heterocycles. The zero-order valence-corrected chi connectivity index (χ0v) is 35.7. The molecule has 5 aromatic rings. The Morgan fingerprint density at radius 1 is 0.367 bits per heavy atom. The summed E-state index contributed by atoms with van der Waals surface area (Å²) in [6.45, 7) is 15.6. The summed E-state index contributed by atoms with van der Waals surface area (Å²) >= 11 is 0. The van der Waals surface area contributed by atoms with Crippen LogP contribution < -0.4 is 18.9 Å². The highest BCUT2D eigenvalue weighted by Crippen LogP contribution is 2.34. The summed E-state index contributed by atoms with van der Waals surface area (Å²) in [6, 6.07) is 16.6. The summed E-state index contributed by atoms with van der Waals surface area (Å²) in [6.07, 6.45) is 15.5. The second kappa shape index (κ2) is 20.5. The molecule has 0 saturated carbocycles. The first-order valence-corrected chi connectivity index (χ1v) is 23.3. The number of aromatic nitrogens is 4. The number of hydrogen-bond acceptors (Lipinski definition) is 10. The van der Waals surface area contributed by atoms with Crippen LogP contribution in [0.5, 0.6) is 23.0 Å². The van der Waals surface area contributed by atoms with Gasteiger partial charge in [0.2, 0.25) is 0 Å². The number of nitrogens with one attached hydrogen (secondary N) is 2. The van der Waals surface area contributed by atoms with Crippen molar-refractivity contribution < 1.29 is 18.9 Å². The summed E-state index contributed by atoms with van der Waals surface area (Å²) in [5.74, 6) is 4.79. The van der Waals surface area contributed by atoms with Crippen LogP contribution in [-0.2, 0) is 0 Å². The van der Waals surface area contributed by atoms with Crippen LogP contribution in [0, 0.1) is 0 Å². The molecular weight excluding hydrogens is 753 g/mol. The number of ether oxygens (including phenoxy) is 4. The third-order valence-corrected chi connectivity index (χ3v) is 12.9. The fraction of sp³-hybridized carbons (Fsp3) is 0.583. The van der Waals surface area contributed by atoms with Gasteiger partial charge in [0.1, 0.15) is 61.1 Å². The maximum atomic E-state index is 6.39. The van der Waals surface area contributed by atoms with Crippen molar-refractivity contribution in [2.24, 2.45) is 0 Å². The van der Waals surface area contributed by atoms with Crippen molar-refractivity contribution in [3.63, 3.8) is 0 Å². The molecule has 12 heteroatoms. The van der Waals surface area contributed by atoms with Crippen molar-refractivity contribution in [3.8, 4) is 45.8 Å². The number of piperidine rings is 4. The van der Waals surface area contributed by atoms with E-state index in [1.54, 1.807) is 0 Å². The maximum absolute atomic E-state index is 6.39. The zero-order valence-electron chi connectivity index (χ0n) is 35.7. The van der Waals surface area contributed by atoms with E-state index in [0.717, 1.165) is 146 Å². The van der Waals surface area contributed by atoms with E-state index in [2.05, 4.69) is 66.0 Å². The number of likely N-dealkylation sites (tertiary alicyclic amines) is 4. The van der Waals surface area contributed by atoms with Crippen molar-refractivity contribution in [2.45, 2.75) is 77.0 Å². The third kappa shape index (κ3) is 11.1. The first-order chi connectivity index (χ1) is 29.7. The molecule has 0 atom stereocenters. The van der Waals surface area contributed by atoms with E-state index in [-0.39, 0.29) is 0 Å². The van der Waals surface area contributed by atoms with Crippen LogP contribution in [0.15, 0.2) is 48.5 Å². The van der Waals surface area contributed by atoms with Crippen molar-refractivity contribution in [1.29, 1.82) is 0 Å². The molecule has 6 heterocycles. The van der Waals surface area contributed by atoms with Gasteiger partial charge in [0.05, 0.1) is 22.1 Å². The van der Waals surface area contributed by atoms with Crippen molar-refractivity contribution >= 4 is 22.1 Å². The van der Waals surface area contributed by atoms with Crippen molar-refractivity contribution in [1.82, 2.24) is 39.5 Å². The quantitative estimate of drug-likeness (QED) is 0.0899. The first kappa shape index (κ1) is 41.0. The molecule has 0 aliphatic carbocycles. The van der Waals surface area contributed by atoms with Gasteiger partial charge in [-0.05, 0) is 140 Å². The lowest BCUT2D eigenvalue weighted by Crippen LogP contribution is -2.33. The molecule has 9 rings (SSSR count). The Labute approximate surface area is 355 Å². The highest BCUT2D eigenvalue weighted by molar-refractivity contribution is 5.94. The number of H-pyrrole nitrogens is 2. The van der Waals surface area contributed by atoms with Crippen LogP contribution in [0.3, 0.4) is 0 Å². The van der Waals surface area contributed by atoms with Gasteiger partial charge >= 0.3 is 0 Å². The van der Waals surface area contributed by atoms with Crippen LogP contribution in [-0.4, -0.2) is 145 Å². The van der Waals surface area contributed by atoms with Crippen LogP contribution in [0.2, 0.25) is 0 Å². The average Bonchev–Trinajstić information content (AvgIpc) is 3.91. The van der Waals surface area contributed by atoms with Gasteiger partial charge in [-0.2, -0.15) is 0 Å². The van der Waals surface area contributed by atoms with Crippen LogP contribution in [0.25, 0.3) is 44.8 Å². The van der Waals surface area contributed by atoms with E-state index in [0.29, 0.717) is 26.4 Å². The minimum Gasteiger partial charge on any atom is -0.492 e. The Hall–Kier alpha value is -4.36. The zero-order chi connectivity index (χ0) is 40.4. The number of rotatable bonds is 18. The molecule has 4 saturated heterocycles. The molecule has 0 spiro atoms. The van der Waals surface area contributed by atoms with E-state index in [4.69, 9.17) is 28.9 Å². The Morgan fingerprint density at radius 2 is 0.667 bits per heavy atom. The van der Waals surface area contributed by atoms with Gasteiger partial charge < -0.3 is 28.9 Å². The first-order valence-electron chi connectivity index (χ1n) is 23.3. The van der Waals surface area contributed by atoms with Gasteiger partial charge in [-0.3, -0.25) is 19.6 Å². The van der Waals surface area contributed by atoms with E-state index in [1.807, 2.05) is 12.1 Å². The number of hydrogen-bond donors (Lipinski definition) is 2. The fourth-order valence-corrected chi connectivity index (χ4v) is 9.44. The third-order valence-electron chi connectivity index (χ3n) is 12.9. The van der Waals surface area contributed by atoms with Crippen LogP contribution in [0.1, 0.15) is 77.0 Å². The molecular formula is C48H66N8O4. The van der Waals surface area contributed by atoms with Gasteiger partial charge in [0.15, 0.2) is 0 Å². The minimum atomic E-state index is 0.648. The van der Waals surface area contributed by atoms with Crippen LogP contribution >= 0.6 is 0 Å². The lowest BCUT2D eigenvalue weighted by atomic mass is 10.1. The topological polar surface area (TPSA) is 107 Å². The second-order valence-electron chi connectivity index (χ2n) is 17.4. The largest absolute Gasteiger partial charge is 0.492 e. The van der Waals surface area contributed by atoms with E-state index in [1.165, 1.54) is 77.0 Å². The van der Waals surface area contributed by atoms with Crippen LogP contribution in [0.4, 0.5) is 0 Å². The summed E-state index contributed by atoms with van der Waals surface area (Å²) in [5.41, 5.74) is 5.47. The van der Waals surface area contributed by atoms with Crippen molar-refractivity contribution in [2.75, 3.05) is 105 Å². The van der Waals surface area contributed by atoms with Gasteiger partial charge in [0, 0.05) is 49.4 Å². The summed E-state index contributed by atoms with van der Waals surface area (Å²) in [7, 11) is 0. The van der Waals surface area contributed by atoms with E-state index < -0.39 is 0 Å². The molecule has 0 bridgehead atoms. The number of nitrogens with zero attached hydrogens (tertiary/aromatic N) is 6. The Balaban J connectivity index is 0.926. The number of benzene rings is 3. The molecule has 2 N–H and O–H groups in total. The highest BCUT2D eigenvalue weighted by atomic mass is 16.5. The highest BCUT2D eigenvalue weighted by Gasteiger charge is 2.18. The lowest BCUT2D eigenvalue weighted by Gasteiger charge is -2.26. The molecule has 322 valence electrons. The SMILES string of the molecule is c1c(OCCN2CCCCC2)cc(-c2nc3cc4nc(-c5cc(OCCN6CCCCC6)cc(OCCN6CCCCC6)c5)[nH]c4cc3[nH]2)cc1OCCN1CCCCC1. The summed E-state index contributed by atoms with van der Waals surface area (Å²) < 4.78 is 25.6. The molecule has 0 radical (unpaired) electrons. The normalized spacial score (nSPS) is 18.9. The molecule has 12 nitrogen and oxygen atoms in total. The van der Waals surface area contributed by atoms with Gasteiger partial charge in [-0.1, -0.05) is 25.7 Å². The Morgan fingerprint density at radius 3 is 0.967 bits per heavy atom. The smallest absolute Gasteiger partial charge is 0.138 e. The van der Waals surface area contributed by atoms with Gasteiger partial charge in [0.25, 0.3) is 0 Å². The predicted octanol–water partition coefficient (Wildman–Crippen LogP) is 8.23. The van der Waals surface area contributed by atoms with Gasteiger partial charge in [-0.25, -0.2) is 9.97 Å². The number of fused-ring (bicyclic) bond motifs is 2. The van der Waals surface area contributed by atoms with E-state index >= 15 is 0 Å². The minimum absolute atomic E-state index is 0.648. The van der Waals surface area contributed by atoms with Crippen molar-refractivity contribution in [3.05, 3.63) is 48.5 Å². The molecule has 60 heavy (non-hydrogen) atoms. The predicted molar refractivity (Wildman–Crippen MR) is 240 cm³/mol. The molecule has 0 unspecified atom stereocenters. The van der Waals surface area contributed by atoms with Gasteiger partial charge in [-0.15, -0.1) is 0 Å². The molecule has 4 fully saturated rings. The molecule has 0 amide bonds. The number of aromatic amines is 2. The average molecular weight is 819 g/mol. The summed E-state index contributed by atoms with van der Waals surface area (Å²) in [5, 5.41) is 0. The monoisotopic (exact) mass is 819 g/mol. The fourth-order valence-electron chi connectivity index (χ4n) is 9.44. The number of imidazole rings is 2. The Bertz CT molecular complexity index is 1830. The lowest BCUT2D eigenvalue weighted by molar-refractivity contribution is 0.179. The van der Waals surface area contributed by atoms with E-state index in [9.17, 15) is 0 Å². The Kier molecular flexibility index (Phi) is 14.0. The standard InChI is InChI=1S/C48H66N8O4/c1-5-13-53(14-6-1)21-25-57-39-29-37(30-40(33-39)58-26-22-54-15-7-2-8-16-54)47-49-43-35-45-46(36-44(43)50-47)52-48(51-45)38-31-41(59-27-23-55-17-9-3-10-18-55)34-42(32-38)60-28-24-56-19-11-4-12-20-56/h29-36H,1-28H2,(H,49,50)(H,51,52). The maximum Gasteiger partial charge on any atom is 0.138 e. The molecule has 3 aromatic carbocycles. The molecule has 2 aromatic heterocycles. The second-order valence-corrected chi connectivity index (χ2v) is 17.4.